The number of benzene rings is 2. The molecule has 0 radical (unpaired) electrons. The number of nitrogens with zero attached hydrogens (tertiary/aromatic N) is 1. The van der Waals surface area contributed by atoms with E-state index in [-0.39, 0.29) is 21.5 Å². The van der Waals surface area contributed by atoms with Gasteiger partial charge in [0, 0.05) is 16.8 Å². The first-order valence-corrected chi connectivity index (χ1v) is 8.48. The maximum Gasteiger partial charge on any atom is 0.308 e. The Morgan fingerprint density at radius 3 is 2.67 bits per heavy atom. The van der Waals surface area contributed by atoms with Gasteiger partial charge in [-0.05, 0) is 50.2 Å². The third kappa shape index (κ3) is 3.07. The number of fused-ring (bicyclic) bond motifs is 1. The molecule has 0 fully saturated rings. The molecular formula is C17H14ClFN2O2S. The minimum absolute atomic E-state index is 0.0489. The second kappa shape index (κ2) is 6.37. The highest BCUT2D eigenvalue weighted by Crippen LogP contribution is 2.25. The third-order valence-electron chi connectivity index (χ3n) is 3.56. The lowest BCUT2D eigenvalue weighted by Crippen LogP contribution is -2.15. The van der Waals surface area contributed by atoms with E-state index in [0.717, 1.165) is 27.6 Å². The summed E-state index contributed by atoms with van der Waals surface area (Å²) in [5, 5.41) is 2.87. The molecule has 0 atom stereocenters. The second-order valence-electron chi connectivity index (χ2n) is 5.59. The van der Waals surface area contributed by atoms with E-state index in [0.29, 0.717) is 5.69 Å². The number of rotatable bonds is 3. The van der Waals surface area contributed by atoms with Crippen molar-refractivity contribution in [1.29, 1.82) is 0 Å². The van der Waals surface area contributed by atoms with Crippen LogP contribution in [0.25, 0.3) is 10.2 Å². The first kappa shape index (κ1) is 16.7. The largest absolute Gasteiger partial charge is 0.322 e. The summed E-state index contributed by atoms with van der Waals surface area (Å²) in [6.45, 7) is 3.87. The van der Waals surface area contributed by atoms with E-state index < -0.39 is 11.7 Å². The molecule has 1 heterocycles. The highest BCUT2D eigenvalue weighted by atomic mass is 35.5. The smallest absolute Gasteiger partial charge is 0.308 e. The van der Waals surface area contributed by atoms with E-state index in [1.807, 2.05) is 13.8 Å². The Morgan fingerprint density at radius 2 is 2.00 bits per heavy atom. The molecule has 0 aliphatic carbocycles. The lowest BCUT2D eigenvalue weighted by atomic mass is 10.2. The van der Waals surface area contributed by atoms with Crippen LogP contribution < -0.4 is 10.2 Å². The third-order valence-corrected chi connectivity index (χ3v) is 4.72. The van der Waals surface area contributed by atoms with Crippen LogP contribution in [0.15, 0.2) is 41.2 Å². The summed E-state index contributed by atoms with van der Waals surface area (Å²) in [7, 11) is 0. The molecule has 0 spiro atoms. The van der Waals surface area contributed by atoms with Gasteiger partial charge in [0.05, 0.1) is 15.8 Å². The first-order chi connectivity index (χ1) is 11.4. The van der Waals surface area contributed by atoms with Crippen molar-refractivity contribution in [3.63, 3.8) is 0 Å². The van der Waals surface area contributed by atoms with E-state index in [4.69, 9.17) is 11.6 Å². The topological polar surface area (TPSA) is 51.1 Å². The molecule has 124 valence electrons. The monoisotopic (exact) mass is 364 g/mol. The molecule has 0 bridgehead atoms. The van der Waals surface area contributed by atoms with Gasteiger partial charge in [-0.15, -0.1) is 0 Å². The lowest BCUT2D eigenvalue weighted by Gasteiger charge is -2.09. The van der Waals surface area contributed by atoms with Gasteiger partial charge in [0.15, 0.2) is 0 Å². The number of anilines is 1. The van der Waals surface area contributed by atoms with Crippen LogP contribution in [-0.2, 0) is 0 Å². The van der Waals surface area contributed by atoms with Crippen molar-refractivity contribution < 1.29 is 9.18 Å². The van der Waals surface area contributed by atoms with E-state index in [1.165, 1.54) is 12.1 Å². The summed E-state index contributed by atoms with van der Waals surface area (Å²) in [5.41, 5.74) is 1.22. The summed E-state index contributed by atoms with van der Waals surface area (Å²) in [5.74, 6) is -1.25. The zero-order chi connectivity index (χ0) is 17.4. The van der Waals surface area contributed by atoms with Gasteiger partial charge in [-0.1, -0.05) is 22.9 Å². The number of carbonyl (C=O) groups is 1. The number of aromatic nitrogens is 1. The lowest BCUT2D eigenvalue weighted by molar-refractivity contribution is 0.102. The predicted molar refractivity (Wildman–Crippen MR) is 95.8 cm³/mol. The van der Waals surface area contributed by atoms with Gasteiger partial charge < -0.3 is 5.32 Å². The second-order valence-corrected chi connectivity index (χ2v) is 7.02. The fourth-order valence-electron chi connectivity index (χ4n) is 2.48. The molecule has 0 aliphatic heterocycles. The molecule has 3 rings (SSSR count). The molecule has 0 saturated carbocycles. The summed E-state index contributed by atoms with van der Waals surface area (Å²) >= 11 is 6.80. The van der Waals surface area contributed by atoms with Crippen LogP contribution in [0.1, 0.15) is 30.2 Å². The number of hydrogen-bond acceptors (Lipinski definition) is 3. The van der Waals surface area contributed by atoms with Crippen molar-refractivity contribution in [3.05, 3.63) is 62.5 Å². The van der Waals surface area contributed by atoms with E-state index in [2.05, 4.69) is 5.32 Å². The molecule has 1 aromatic heterocycles. The Morgan fingerprint density at radius 1 is 1.25 bits per heavy atom. The standard InChI is InChI=1S/C17H14ClFN2O2S/c1-9(2)21-14-6-4-11(8-15(14)24-17(21)23)20-16(22)12-5-3-10(18)7-13(12)19/h3-9H,1-2H3,(H,20,22). The predicted octanol–water partition coefficient (Wildman–Crippen LogP) is 4.69. The maximum absolute atomic E-state index is 13.8. The van der Waals surface area contributed by atoms with Crippen LogP contribution in [0, 0.1) is 5.82 Å². The molecule has 1 N–H and O–H groups in total. The molecule has 4 nitrogen and oxygen atoms in total. The average molecular weight is 365 g/mol. The van der Waals surface area contributed by atoms with Crippen LogP contribution in [0.4, 0.5) is 10.1 Å². The van der Waals surface area contributed by atoms with Gasteiger partial charge in [-0.2, -0.15) is 0 Å². The van der Waals surface area contributed by atoms with E-state index in [9.17, 15) is 14.0 Å². The van der Waals surface area contributed by atoms with Crippen LogP contribution in [0.2, 0.25) is 5.02 Å². The molecule has 2 aromatic carbocycles. The number of carbonyl (C=O) groups excluding carboxylic acids is 1. The van der Waals surface area contributed by atoms with Crippen molar-refractivity contribution >= 4 is 44.7 Å². The Kier molecular flexibility index (Phi) is 4.43. The Bertz CT molecular complexity index is 994. The van der Waals surface area contributed by atoms with Gasteiger partial charge in [-0.3, -0.25) is 14.2 Å². The average Bonchev–Trinajstić information content (AvgIpc) is 2.82. The number of halogens is 2. The molecule has 1 amide bonds. The normalized spacial score (nSPS) is 11.2. The summed E-state index contributed by atoms with van der Waals surface area (Å²) < 4.78 is 16.3. The summed E-state index contributed by atoms with van der Waals surface area (Å²) in [6, 6.07) is 9.12. The Hall–Kier alpha value is -2.18. The van der Waals surface area contributed by atoms with Crippen molar-refractivity contribution in [1.82, 2.24) is 4.57 Å². The van der Waals surface area contributed by atoms with Crippen LogP contribution in [0.3, 0.4) is 0 Å². The van der Waals surface area contributed by atoms with Crippen LogP contribution in [-0.4, -0.2) is 10.5 Å². The van der Waals surface area contributed by atoms with Crippen LogP contribution >= 0.6 is 22.9 Å². The molecule has 0 unspecified atom stereocenters. The molecule has 0 aliphatic rings. The molecule has 24 heavy (non-hydrogen) atoms. The van der Waals surface area contributed by atoms with Gasteiger partial charge in [0.2, 0.25) is 0 Å². The van der Waals surface area contributed by atoms with Gasteiger partial charge in [0.25, 0.3) is 5.91 Å². The molecule has 0 saturated heterocycles. The van der Waals surface area contributed by atoms with Crippen molar-refractivity contribution in [2.45, 2.75) is 19.9 Å². The zero-order valence-electron chi connectivity index (χ0n) is 13.0. The maximum atomic E-state index is 13.8. The number of nitrogens with one attached hydrogen (secondary N) is 1. The molecular weight excluding hydrogens is 351 g/mol. The molecule has 7 heteroatoms. The van der Waals surface area contributed by atoms with Crippen molar-refractivity contribution in [2.75, 3.05) is 5.32 Å². The fourth-order valence-corrected chi connectivity index (χ4v) is 3.69. The Labute approximate surface area is 146 Å². The van der Waals surface area contributed by atoms with Crippen molar-refractivity contribution in [3.8, 4) is 0 Å². The highest BCUT2D eigenvalue weighted by Gasteiger charge is 2.14. The first-order valence-electron chi connectivity index (χ1n) is 7.28. The quantitative estimate of drug-likeness (QED) is 0.733. The fraction of sp³-hybridized carbons (Fsp3) is 0.176. The number of hydrogen-bond donors (Lipinski definition) is 1. The zero-order valence-corrected chi connectivity index (χ0v) is 14.5. The van der Waals surface area contributed by atoms with Gasteiger partial charge >= 0.3 is 4.87 Å². The van der Waals surface area contributed by atoms with Gasteiger partial charge in [-0.25, -0.2) is 4.39 Å². The minimum Gasteiger partial charge on any atom is -0.322 e. The SMILES string of the molecule is CC(C)n1c(=O)sc2cc(NC(=O)c3ccc(Cl)cc3F)ccc21. The highest BCUT2D eigenvalue weighted by molar-refractivity contribution is 7.16. The van der Waals surface area contributed by atoms with E-state index in [1.54, 1.807) is 22.8 Å². The minimum atomic E-state index is -0.684. The van der Waals surface area contributed by atoms with Crippen LogP contribution in [0.5, 0.6) is 0 Å². The summed E-state index contributed by atoms with van der Waals surface area (Å²) in [6.07, 6.45) is 0. The molecule has 3 aromatic rings. The number of thiazole rings is 1. The summed E-state index contributed by atoms with van der Waals surface area (Å²) in [4.78, 5) is 24.2. The van der Waals surface area contributed by atoms with Crippen molar-refractivity contribution in [2.24, 2.45) is 0 Å². The number of amides is 1. The van der Waals surface area contributed by atoms with Gasteiger partial charge in [0.1, 0.15) is 5.82 Å². The van der Waals surface area contributed by atoms with E-state index >= 15 is 0 Å². The Balaban J connectivity index is 1.93.